The first-order valence-corrected chi connectivity index (χ1v) is 5.01. The Kier molecular flexibility index (Phi) is 9.60. The van der Waals surface area contributed by atoms with Crippen LogP contribution in [-0.2, 0) is 28.3 Å². The van der Waals surface area contributed by atoms with E-state index in [9.17, 15) is 28.6 Å². The van der Waals surface area contributed by atoms with Gasteiger partial charge < -0.3 is 20.4 Å². The number of esters is 2. The van der Waals surface area contributed by atoms with Gasteiger partial charge in [0.25, 0.3) is 0 Å². The number of carboxylic acids is 1. The van der Waals surface area contributed by atoms with Crippen molar-refractivity contribution < 1.29 is 62.9 Å². The van der Waals surface area contributed by atoms with E-state index >= 15 is 0 Å². The van der Waals surface area contributed by atoms with E-state index in [-0.39, 0.29) is 29.6 Å². The molecule has 0 aliphatic rings. The van der Waals surface area contributed by atoms with Gasteiger partial charge in [-0.2, -0.15) is 0 Å². The van der Waals surface area contributed by atoms with Crippen molar-refractivity contribution >= 4 is 25.6 Å². The Morgan fingerprint density at radius 2 is 1.81 bits per heavy atom. The minimum Gasteiger partial charge on any atom is -0.550 e. The summed E-state index contributed by atoms with van der Waals surface area (Å²) < 4.78 is 24.0. The van der Waals surface area contributed by atoms with Crippen molar-refractivity contribution in [1.29, 1.82) is 0 Å². The van der Waals surface area contributed by atoms with Gasteiger partial charge in [0.2, 0.25) is 0 Å². The molecule has 0 fully saturated rings. The molecular weight excluding hydrogens is 252 g/mol. The second-order valence-corrected chi connectivity index (χ2v) is 3.45. The van der Waals surface area contributed by atoms with Crippen LogP contribution in [0.5, 0.6) is 0 Å². The van der Waals surface area contributed by atoms with Crippen LogP contribution < -0.4 is 40.4 Å². The molecule has 10 heteroatoms. The van der Waals surface area contributed by atoms with Crippen LogP contribution in [0.1, 0.15) is 6.42 Å². The molecule has 8 nitrogen and oxygen atoms in total. The first kappa shape index (κ1) is 17.9. The monoisotopic (exact) mass is 259 g/mol. The van der Waals surface area contributed by atoms with Gasteiger partial charge in [0.1, 0.15) is 6.04 Å². The first-order valence-electron chi connectivity index (χ1n) is 3.64. The quantitative estimate of drug-likeness (QED) is 0.223. The van der Waals surface area contributed by atoms with Crippen molar-refractivity contribution in [2.24, 2.45) is 5.73 Å². The van der Waals surface area contributed by atoms with Crippen molar-refractivity contribution in [2.75, 3.05) is 6.16 Å². The standard InChI is InChI=1S/C6H8NO7P.Na/c7-3(1-4(8)9)6(11)14-5(10)2-15(12)13;/h3H,1-2,7H2,(H,8,9);/q;+1/p-1. The van der Waals surface area contributed by atoms with Crippen LogP contribution in [0, 0.1) is 0 Å². The Hall–Kier alpha value is -0.530. The number of carbonyl (C=O) groups excluding carboxylic acids is 3. The summed E-state index contributed by atoms with van der Waals surface area (Å²) in [6, 6.07) is -1.55. The van der Waals surface area contributed by atoms with Gasteiger partial charge in [-0.05, 0) is 0 Å². The average molecular weight is 259 g/mol. The molecule has 1 atom stereocenters. The normalized spacial score (nSPS) is 10.8. The third-order valence-corrected chi connectivity index (χ3v) is 1.68. The maximum atomic E-state index is 10.8. The summed E-state index contributed by atoms with van der Waals surface area (Å²) in [6.45, 7) is 0. The molecule has 0 saturated heterocycles. The molecule has 2 N–H and O–H groups in total. The van der Waals surface area contributed by atoms with Crippen molar-refractivity contribution in [3.05, 3.63) is 0 Å². The number of hydrogen-bond donors (Lipinski definition) is 1. The summed E-state index contributed by atoms with van der Waals surface area (Å²) in [5.74, 6) is -4.19. The molecule has 0 aliphatic carbocycles. The first-order chi connectivity index (χ1) is 6.82. The second-order valence-electron chi connectivity index (χ2n) is 2.47. The van der Waals surface area contributed by atoms with Crippen molar-refractivity contribution in [1.82, 2.24) is 0 Å². The fourth-order valence-corrected chi connectivity index (χ4v) is 0.864. The smallest absolute Gasteiger partial charge is 0.550 e. The van der Waals surface area contributed by atoms with Crippen molar-refractivity contribution in [3.8, 4) is 0 Å². The Labute approximate surface area is 113 Å². The van der Waals surface area contributed by atoms with Crippen LogP contribution >= 0.6 is 7.68 Å². The predicted octanol–water partition coefficient (Wildman–Crippen LogP) is -5.30. The van der Waals surface area contributed by atoms with Gasteiger partial charge in [-0.15, -0.1) is 0 Å². The Morgan fingerprint density at radius 1 is 1.31 bits per heavy atom. The molecule has 0 spiro atoms. The molecule has 0 radical (unpaired) electrons. The fraction of sp³-hybridized carbons (Fsp3) is 0.500. The summed E-state index contributed by atoms with van der Waals surface area (Å²) >= 11 is 0. The minimum atomic E-state index is -3.00. The van der Waals surface area contributed by atoms with Gasteiger partial charge in [-0.3, -0.25) is 4.79 Å². The predicted molar refractivity (Wildman–Crippen MR) is 41.9 cm³/mol. The van der Waals surface area contributed by atoms with E-state index in [1.165, 1.54) is 0 Å². The maximum absolute atomic E-state index is 10.8. The summed E-state index contributed by atoms with van der Waals surface area (Å²) in [5, 5.41) is 10.00. The van der Waals surface area contributed by atoms with Crippen LogP contribution in [0.4, 0.5) is 0 Å². The van der Waals surface area contributed by atoms with E-state index < -0.39 is 44.2 Å². The summed E-state index contributed by atoms with van der Waals surface area (Å²) in [4.78, 5) is 31.4. The SMILES string of the molecule is NC(CC(=O)[O-])C(=O)OC(=O)CP(=O)=O.[Na+]. The molecule has 0 saturated carbocycles. The van der Waals surface area contributed by atoms with Crippen LogP contribution in [0.15, 0.2) is 0 Å². The third kappa shape index (κ3) is 8.75. The fourth-order valence-electron chi connectivity index (χ4n) is 0.588. The van der Waals surface area contributed by atoms with Gasteiger partial charge in [-0.1, -0.05) is 0 Å². The molecule has 0 aromatic heterocycles. The van der Waals surface area contributed by atoms with Gasteiger partial charge in [0.05, 0.1) is 0 Å². The second kappa shape index (κ2) is 8.60. The minimum absolute atomic E-state index is 0. The van der Waals surface area contributed by atoms with Crippen LogP contribution in [0.2, 0.25) is 0 Å². The number of rotatable bonds is 5. The summed E-state index contributed by atoms with van der Waals surface area (Å²) in [7, 11) is -3.00. The van der Waals surface area contributed by atoms with Gasteiger partial charge in [0, 0.05) is 12.4 Å². The van der Waals surface area contributed by atoms with E-state index in [2.05, 4.69) is 4.74 Å². The number of aliphatic carboxylic acids is 1. The number of hydrogen-bond acceptors (Lipinski definition) is 8. The Bertz CT molecular complexity index is 345. The van der Waals surface area contributed by atoms with E-state index in [1.54, 1.807) is 0 Å². The van der Waals surface area contributed by atoms with Gasteiger partial charge in [0.15, 0.2) is 6.16 Å². The zero-order chi connectivity index (χ0) is 12.0. The molecule has 0 rings (SSSR count). The topological polar surface area (TPSA) is 144 Å². The molecule has 0 aromatic rings. The van der Waals surface area contributed by atoms with E-state index in [0.29, 0.717) is 0 Å². The average Bonchev–Trinajstić information content (AvgIpc) is 2.00. The molecule has 0 aromatic carbocycles. The van der Waals surface area contributed by atoms with Crippen LogP contribution in [-0.4, -0.2) is 30.1 Å². The molecule has 0 amide bonds. The molecular formula is C6H7NNaO7P. The van der Waals surface area contributed by atoms with E-state index in [4.69, 9.17) is 5.73 Å². The molecule has 0 heterocycles. The van der Waals surface area contributed by atoms with Gasteiger partial charge >= 0.3 is 49.2 Å². The number of nitrogens with two attached hydrogens (primary N) is 1. The Morgan fingerprint density at radius 3 is 2.19 bits per heavy atom. The number of carbonyl (C=O) groups is 3. The molecule has 84 valence electrons. The molecule has 0 aliphatic heterocycles. The van der Waals surface area contributed by atoms with Gasteiger partial charge in [-0.25, -0.2) is 13.9 Å². The van der Waals surface area contributed by atoms with E-state index in [1.807, 2.05) is 0 Å². The Balaban J connectivity index is 0. The number of ether oxygens (including phenoxy) is 1. The summed E-state index contributed by atoms with van der Waals surface area (Å²) in [6.07, 6.45) is -1.77. The largest absolute Gasteiger partial charge is 1.00 e. The molecule has 1 unspecified atom stereocenters. The zero-order valence-corrected chi connectivity index (χ0v) is 11.3. The van der Waals surface area contributed by atoms with E-state index in [0.717, 1.165) is 0 Å². The van der Waals surface area contributed by atoms with Crippen LogP contribution in [0.3, 0.4) is 0 Å². The van der Waals surface area contributed by atoms with Crippen molar-refractivity contribution in [3.63, 3.8) is 0 Å². The third-order valence-electron chi connectivity index (χ3n) is 1.16. The molecule has 0 bridgehead atoms. The van der Waals surface area contributed by atoms with Crippen molar-refractivity contribution in [2.45, 2.75) is 12.5 Å². The number of carboxylic acid groups (broad SMARTS) is 1. The zero-order valence-electron chi connectivity index (χ0n) is 8.37. The van der Waals surface area contributed by atoms with Crippen LogP contribution in [0.25, 0.3) is 0 Å². The molecule has 16 heavy (non-hydrogen) atoms. The maximum Gasteiger partial charge on any atom is 1.00 e. The summed E-state index contributed by atoms with van der Waals surface area (Å²) in [5.41, 5.74) is 5.00.